The van der Waals surface area contributed by atoms with Gasteiger partial charge in [0.1, 0.15) is 0 Å². The molecule has 0 atom stereocenters. The number of anilines is 3. The minimum absolute atomic E-state index is 0.188. The number of rotatable bonds is 4. The molecule has 9 heteroatoms. The maximum absolute atomic E-state index is 14.1. The molecule has 0 spiro atoms. The summed E-state index contributed by atoms with van der Waals surface area (Å²) < 4.78 is 20.4. The number of morpholine rings is 1. The van der Waals surface area contributed by atoms with Crippen LogP contribution in [-0.4, -0.2) is 36.2 Å². The van der Waals surface area contributed by atoms with Crippen LogP contribution in [0.1, 0.15) is 0 Å². The Hall–Kier alpha value is -2.78. The number of benzene rings is 2. The Balaban J connectivity index is 1.58. The van der Waals surface area contributed by atoms with Crippen LogP contribution in [0.5, 0.6) is 0 Å². The number of nitro groups is 1. The number of ether oxygens (including phenoxy) is 1. The zero-order chi connectivity index (χ0) is 18.1. The van der Waals surface area contributed by atoms with Crippen molar-refractivity contribution in [2.75, 3.05) is 36.5 Å². The molecule has 0 aliphatic carbocycles. The van der Waals surface area contributed by atoms with E-state index in [0.29, 0.717) is 18.9 Å². The highest BCUT2D eigenvalue weighted by Gasteiger charge is 2.16. The van der Waals surface area contributed by atoms with Gasteiger partial charge in [0.2, 0.25) is 0 Å². The van der Waals surface area contributed by atoms with Gasteiger partial charge in [-0.05, 0) is 24.3 Å². The van der Waals surface area contributed by atoms with Crippen molar-refractivity contribution in [3.05, 3.63) is 52.3 Å². The number of hydrogen-bond acceptors (Lipinski definition) is 7. The van der Waals surface area contributed by atoms with Crippen LogP contribution in [0, 0.1) is 15.9 Å². The molecule has 4 rings (SSSR count). The fourth-order valence-corrected chi connectivity index (χ4v) is 3.81. The van der Waals surface area contributed by atoms with E-state index >= 15 is 0 Å². The van der Waals surface area contributed by atoms with E-state index in [4.69, 9.17) is 4.74 Å². The molecular weight excluding hydrogens is 359 g/mol. The Morgan fingerprint density at radius 2 is 2.04 bits per heavy atom. The molecule has 0 amide bonds. The summed E-state index contributed by atoms with van der Waals surface area (Å²) in [4.78, 5) is 16.9. The van der Waals surface area contributed by atoms with Crippen molar-refractivity contribution < 1.29 is 14.1 Å². The lowest BCUT2D eigenvalue weighted by molar-refractivity contribution is -0.385. The van der Waals surface area contributed by atoms with E-state index < -0.39 is 10.7 Å². The van der Waals surface area contributed by atoms with E-state index in [1.807, 2.05) is 18.2 Å². The van der Waals surface area contributed by atoms with Crippen molar-refractivity contribution in [3.8, 4) is 0 Å². The van der Waals surface area contributed by atoms with Gasteiger partial charge in [0, 0.05) is 24.8 Å². The second kappa shape index (κ2) is 6.85. The Morgan fingerprint density at radius 1 is 1.23 bits per heavy atom. The number of halogens is 1. The zero-order valence-electron chi connectivity index (χ0n) is 13.6. The third-order valence-electron chi connectivity index (χ3n) is 4.10. The molecule has 2 aromatic carbocycles. The number of nitrogens with zero attached hydrogens (tertiary/aromatic N) is 3. The van der Waals surface area contributed by atoms with Crippen molar-refractivity contribution in [1.82, 2.24) is 4.98 Å². The zero-order valence-corrected chi connectivity index (χ0v) is 14.5. The first-order valence-corrected chi connectivity index (χ1v) is 8.86. The van der Waals surface area contributed by atoms with Crippen LogP contribution in [0.2, 0.25) is 0 Å². The van der Waals surface area contributed by atoms with Gasteiger partial charge < -0.3 is 15.0 Å². The van der Waals surface area contributed by atoms with Gasteiger partial charge in [-0.1, -0.05) is 11.3 Å². The maximum Gasteiger partial charge on any atom is 0.272 e. The molecule has 1 saturated heterocycles. The summed E-state index contributed by atoms with van der Waals surface area (Å²) >= 11 is 1.58. The van der Waals surface area contributed by atoms with E-state index in [-0.39, 0.29) is 11.4 Å². The largest absolute Gasteiger partial charge is 0.378 e. The number of nitro benzene ring substituents is 1. The average molecular weight is 374 g/mol. The first-order valence-electron chi connectivity index (χ1n) is 8.04. The smallest absolute Gasteiger partial charge is 0.272 e. The van der Waals surface area contributed by atoms with Crippen LogP contribution in [-0.2, 0) is 4.74 Å². The Kier molecular flexibility index (Phi) is 4.39. The number of thiazole rings is 1. The van der Waals surface area contributed by atoms with Crippen molar-refractivity contribution in [1.29, 1.82) is 0 Å². The fourth-order valence-electron chi connectivity index (χ4n) is 2.75. The second-order valence-electron chi connectivity index (χ2n) is 5.82. The molecule has 1 aliphatic rings. The number of fused-ring (bicyclic) bond motifs is 1. The van der Waals surface area contributed by atoms with Gasteiger partial charge in [-0.25, -0.2) is 9.37 Å². The molecule has 0 radical (unpaired) electrons. The SMILES string of the molecule is O=[N+]([O-])c1ccc(Nc2ccc3nc(N4CCOCC4)sc3c2)c(F)c1. The first-order chi connectivity index (χ1) is 12.6. The lowest BCUT2D eigenvalue weighted by Gasteiger charge is -2.25. The van der Waals surface area contributed by atoms with Gasteiger partial charge in [0.05, 0.1) is 40.1 Å². The molecule has 26 heavy (non-hydrogen) atoms. The summed E-state index contributed by atoms with van der Waals surface area (Å²) in [6.45, 7) is 3.03. The lowest BCUT2D eigenvalue weighted by Crippen LogP contribution is -2.36. The highest BCUT2D eigenvalue weighted by Crippen LogP contribution is 2.32. The van der Waals surface area contributed by atoms with Crippen LogP contribution in [0.15, 0.2) is 36.4 Å². The summed E-state index contributed by atoms with van der Waals surface area (Å²) in [5.41, 5.74) is 1.49. The maximum atomic E-state index is 14.1. The number of nitrogens with one attached hydrogen (secondary N) is 1. The van der Waals surface area contributed by atoms with E-state index in [1.54, 1.807) is 11.3 Å². The van der Waals surface area contributed by atoms with E-state index in [2.05, 4.69) is 15.2 Å². The molecule has 1 aromatic heterocycles. The van der Waals surface area contributed by atoms with Crippen LogP contribution in [0.4, 0.5) is 26.6 Å². The summed E-state index contributed by atoms with van der Waals surface area (Å²) in [6, 6.07) is 9.13. The van der Waals surface area contributed by atoms with Gasteiger partial charge in [-0.3, -0.25) is 10.1 Å². The van der Waals surface area contributed by atoms with E-state index in [0.717, 1.165) is 34.5 Å². The van der Waals surface area contributed by atoms with Gasteiger partial charge in [-0.15, -0.1) is 0 Å². The molecule has 134 valence electrons. The Labute approximate surface area is 152 Å². The molecule has 1 N–H and O–H groups in total. The van der Waals surface area contributed by atoms with Crippen LogP contribution >= 0.6 is 11.3 Å². The number of non-ortho nitro benzene ring substituents is 1. The summed E-state index contributed by atoms with van der Waals surface area (Å²) in [7, 11) is 0. The summed E-state index contributed by atoms with van der Waals surface area (Å²) in [5, 5.41) is 14.6. The summed E-state index contributed by atoms with van der Waals surface area (Å²) in [5.74, 6) is -0.669. The van der Waals surface area contributed by atoms with Crippen LogP contribution in [0.25, 0.3) is 10.2 Å². The van der Waals surface area contributed by atoms with Crippen molar-refractivity contribution in [2.45, 2.75) is 0 Å². The summed E-state index contributed by atoms with van der Waals surface area (Å²) in [6.07, 6.45) is 0. The molecular formula is C17H15FN4O3S. The van der Waals surface area contributed by atoms with Crippen molar-refractivity contribution in [3.63, 3.8) is 0 Å². The van der Waals surface area contributed by atoms with Gasteiger partial charge in [0.25, 0.3) is 5.69 Å². The highest BCUT2D eigenvalue weighted by molar-refractivity contribution is 7.22. The monoisotopic (exact) mass is 374 g/mol. The average Bonchev–Trinajstić information content (AvgIpc) is 3.07. The third-order valence-corrected chi connectivity index (χ3v) is 5.18. The van der Waals surface area contributed by atoms with Crippen molar-refractivity contribution in [2.24, 2.45) is 0 Å². The van der Waals surface area contributed by atoms with Crippen LogP contribution < -0.4 is 10.2 Å². The molecule has 3 aromatic rings. The second-order valence-corrected chi connectivity index (χ2v) is 6.83. The quantitative estimate of drug-likeness (QED) is 0.551. The van der Waals surface area contributed by atoms with Gasteiger partial charge >= 0.3 is 0 Å². The Bertz CT molecular complexity index is 972. The topological polar surface area (TPSA) is 80.5 Å². The normalized spacial score (nSPS) is 14.6. The molecule has 0 bridgehead atoms. The van der Waals surface area contributed by atoms with Gasteiger partial charge in [-0.2, -0.15) is 0 Å². The minimum atomic E-state index is -0.669. The first kappa shape index (κ1) is 16.7. The Morgan fingerprint density at radius 3 is 2.77 bits per heavy atom. The minimum Gasteiger partial charge on any atom is -0.378 e. The third kappa shape index (κ3) is 3.31. The molecule has 0 saturated carbocycles. The number of hydrogen-bond donors (Lipinski definition) is 1. The fraction of sp³-hybridized carbons (Fsp3) is 0.235. The lowest BCUT2D eigenvalue weighted by atomic mass is 10.2. The molecule has 7 nitrogen and oxygen atoms in total. The molecule has 1 aliphatic heterocycles. The van der Waals surface area contributed by atoms with Crippen LogP contribution in [0.3, 0.4) is 0 Å². The highest BCUT2D eigenvalue weighted by atomic mass is 32.1. The number of aromatic nitrogens is 1. The van der Waals surface area contributed by atoms with Gasteiger partial charge in [0.15, 0.2) is 10.9 Å². The predicted molar refractivity (Wildman–Crippen MR) is 99.0 cm³/mol. The predicted octanol–water partition coefficient (Wildman–Crippen LogP) is 3.92. The molecule has 0 unspecified atom stereocenters. The van der Waals surface area contributed by atoms with Crippen molar-refractivity contribution >= 4 is 43.7 Å². The molecule has 1 fully saturated rings. The standard InChI is InChI=1S/C17H15FN4O3S/c18-13-10-12(22(23)24)2-4-14(13)19-11-1-3-15-16(9-11)26-17(20-15)21-5-7-25-8-6-21/h1-4,9-10,19H,5-8H2. The molecule has 2 heterocycles. The van der Waals surface area contributed by atoms with E-state index in [9.17, 15) is 14.5 Å². The van der Waals surface area contributed by atoms with E-state index in [1.165, 1.54) is 12.1 Å².